The minimum Gasteiger partial charge on any atom is -0.394 e. The SMILES string of the molecule is CC1CCC(CO)(Nc2ccccn2)CC1. The third-order valence-electron chi connectivity index (χ3n) is 3.59. The van der Waals surface area contributed by atoms with Crippen LogP contribution in [0.1, 0.15) is 32.6 Å². The molecule has 88 valence electrons. The number of anilines is 1. The minimum atomic E-state index is -0.152. The predicted molar refractivity (Wildman–Crippen MR) is 65.3 cm³/mol. The molecule has 1 heterocycles. The van der Waals surface area contributed by atoms with Crippen molar-refractivity contribution in [2.24, 2.45) is 5.92 Å². The van der Waals surface area contributed by atoms with Crippen LogP contribution in [0.3, 0.4) is 0 Å². The Balaban J connectivity index is 2.05. The molecule has 0 amide bonds. The van der Waals surface area contributed by atoms with Crippen molar-refractivity contribution >= 4 is 5.82 Å². The molecule has 0 atom stereocenters. The summed E-state index contributed by atoms with van der Waals surface area (Å²) in [6.45, 7) is 2.47. The number of pyridine rings is 1. The molecule has 1 saturated carbocycles. The van der Waals surface area contributed by atoms with Gasteiger partial charge >= 0.3 is 0 Å². The van der Waals surface area contributed by atoms with Crippen LogP contribution in [-0.4, -0.2) is 22.2 Å². The van der Waals surface area contributed by atoms with E-state index in [9.17, 15) is 5.11 Å². The van der Waals surface area contributed by atoms with E-state index in [1.807, 2.05) is 18.2 Å². The van der Waals surface area contributed by atoms with Gasteiger partial charge in [0.25, 0.3) is 0 Å². The summed E-state index contributed by atoms with van der Waals surface area (Å²) in [6, 6.07) is 5.82. The summed E-state index contributed by atoms with van der Waals surface area (Å²) < 4.78 is 0. The van der Waals surface area contributed by atoms with Gasteiger partial charge in [0.1, 0.15) is 5.82 Å². The second-order valence-corrected chi connectivity index (χ2v) is 4.96. The van der Waals surface area contributed by atoms with Crippen LogP contribution in [0.25, 0.3) is 0 Å². The average Bonchev–Trinajstić information content (AvgIpc) is 2.34. The first-order valence-corrected chi connectivity index (χ1v) is 6.04. The van der Waals surface area contributed by atoms with Gasteiger partial charge in [-0.15, -0.1) is 0 Å². The topological polar surface area (TPSA) is 45.1 Å². The van der Waals surface area contributed by atoms with Gasteiger partial charge in [-0.2, -0.15) is 0 Å². The molecule has 0 aromatic carbocycles. The molecule has 0 spiro atoms. The first kappa shape index (κ1) is 11.4. The van der Waals surface area contributed by atoms with E-state index in [-0.39, 0.29) is 12.1 Å². The standard InChI is InChI=1S/C13H20N2O/c1-11-5-7-13(10-16,8-6-11)15-12-4-2-3-9-14-12/h2-4,9,11,16H,5-8,10H2,1H3,(H,14,15). The largest absolute Gasteiger partial charge is 0.394 e. The molecule has 1 aromatic rings. The highest BCUT2D eigenvalue weighted by Gasteiger charge is 2.33. The summed E-state index contributed by atoms with van der Waals surface area (Å²) in [5.74, 6) is 1.65. The van der Waals surface area contributed by atoms with Crippen molar-refractivity contribution in [1.82, 2.24) is 4.98 Å². The summed E-state index contributed by atoms with van der Waals surface area (Å²) in [6.07, 6.45) is 6.20. The predicted octanol–water partition coefficient (Wildman–Crippen LogP) is 2.43. The molecule has 1 fully saturated rings. The van der Waals surface area contributed by atoms with E-state index in [2.05, 4.69) is 17.2 Å². The van der Waals surface area contributed by atoms with Crippen molar-refractivity contribution in [1.29, 1.82) is 0 Å². The monoisotopic (exact) mass is 220 g/mol. The Morgan fingerprint density at radius 1 is 1.44 bits per heavy atom. The molecule has 3 heteroatoms. The maximum Gasteiger partial charge on any atom is 0.126 e. The van der Waals surface area contributed by atoms with Gasteiger partial charge < -0.3 is 10.4 Å². The van der Waals surface area contributed by atoms with E-state index in [0.717, 1.165) is 24.6 Å². The van der Waals surface area contributed by atoms with Crippen LogP contribution in [0.5, 0.6) is 0 Å². The Kier molecular flexibility index (Phi) is 3.44. The molecule has 16 heavy (non-hydrogen) atoms. The fourth-order valence-corrected chi connectivity index (χ4v) is 2.35. The fourth-order valence-electron chi connectivity index (χ4n) is 2.35. The van der Waals surface area contributed by atoms with Crippen molar-refractivity contribution in [3.05, 3.63) is 24.4 Å². The van der Waals surface area contributed by atoms with Crippen molar-refractivity contribution in [2.45, 2.75) is 38.1 Å². The third kappa shape index (κ3) is 2.53. The zero-order valence-corrected chi connectivity index (χ0v) is 9.82. The molecule has 0 unspecified atom stereocenters. The van der Waals surface area contributed by atoms with Crippen LogP contribution in [-0.2, 0) is 0 Å². The lowest BCUT2D eigenvalue weighted by Gasteiger charge is -2.39. The smallest absolute Gasteiger partial charge is 0.126 e. The van der Waals surface area contributed by atoms with Crippen molar-refractivity contribution in [3.63, 3.8) is 0 Å². The second-order valence-electron chi connectivity index (χ2n) is 4.96. The van der Waals surface area contributed by atoms with Gasteiger partial charge in [-0.25, -0.2) is 4.98 Å². The number of aliphatic hydroxyl groups is 1. The second kappa shape index (κ2) is 4.83. The number of hydrogen-bond acceptors (Lipinski definition) is 3. The molecule has 1 aliphatic rings. The molecular formula is C13H20N2O. The number of nitrogens with one attached hydrogen (secondary N) is 1. The van der Waals surface area contributed by atoms with E-state index in [1.54, 1.807) is 6.20 Å². The first-order chi connectivity index (χ1) is 7.74. The van der Waals surface area contributed by atoms with E-state index in [0.29, 0.717) is 0 Å². The minimum absolute atomic E-state index is 0.152. The molecule has 3 nitrogen and oxygen atoms in total. The first-order valence-electron chi connectivity index (χ1n) is 6.04. The molecule has 2 N–H and O–H groups in total. The van der Waals surface area contributed by atoms with Gasteiger partial charge in [0.15, 0.2) is 0 Å². The normalized spacial score (nSPS) is 30.0. The lowest BCUT2D eigenvalue weighted by atomic mass is 9.77. The summed E-state index contributed by atoms with van der Waals surface area (Å²) in [5, 5.41) is 13.0. The Morgan fingerprint density at radius 2 is 2.19 bits per heavy atom. The van der Waals surface area contributed by atoms with Gasteiger partial charge in [0, 0.05) is 6.20 Å². The lowest BCUT2D eigenvalue weighted by Crippen LogP contribution is -2.45. The van der Waals surface area contributed by atoms with Gasteiger partial charge in [-0.1, -0.05) is 13.0 Å². The fraction of sp³-hybridized carbons (Fsp3) is 0.615. The highest BCUT2D eigenvalue weighted by Crippen LogP contribution is 2.33. The summed E-state index contributed by atoms with van der Waals surface area (Å²) in [4.78, 5) is 4.26. The molecule has 1 aliphatic carbocycles. The van der Waals surface area contributed by atoms with Crippen LogP contribution in [0.15, 0.2) is 24.4 Å². The van der Waals surface area contributed by atoms with Gasteiger partial charge in [0.05, 0.1) is 12.1 Å². The Hall–Kier alpha value is -1.09. The van der Waals surface area contributed by atoms with Crippen molar-refractivity contribution < 1.29 is 5.11 Å². The maximum absolute atomic E-state index is 9.60. The maximum atomic E-state index is 9.60. The van der Waals surface area contributed by atoms with Crippen LogP contribution in [0, 0.1) is 5.92 Å². The molecule has 0 saturated heterocycles. The molecular weight excluding hydrogens is 200 g/mol. The van der Waals surface area contributed by atoms with E-state index in [1.165, 1.54) is 12.8 Å². The molecule has 2 rings (SSSR count). The highest BCUT2D eigenvalue weighted by atomic mass is 16.3. The number of rotatable bonds is 3. The van der Waals surface area contributed by atoms with E-state index >= 15 is 0 Å². The number of nitrogens with zero attached hydrogens (tertiary/aromatic N) is 1. The van der Waals surface area contributed by atoms with Gasteiger partial charge in [0.2, 0.25) is 0 Å². The van der Waals surface area contributed by atoms with E-state index < -0.39 is 0 Å². The molecule has 0 bridgehead atoms. The average molecular weight is 220 g/mol. The zero-order valence-electron chi connectivity index (χ0n) is 9.82. The Labute approximate surface area is 96.9 Å². The van der Waals surface area contributed by atoms with Crippen LogP contribution >= 0.6 is 0 Å². The van der Waals surface area contributed by atoms with Crippen LogP contribution in [0.2, 0.25) is 0 Å². The summed E-state index contributed by atoms with van der Waals surface area (Å²) in [7, 11) is 0. The molecule has 0 aliphatic heterocycles. The zero-order chi connectivity index (χ0) is 11.4. The number of hydrogen-bond donors (Lipinski definition) is 2. The Morgan fingerprint density at radius 3 is 2.75 bits per heavy atom. The van der Waals surface area contributed by atoms with Crippen molar-refractivity contribution in [2.75, 3.05) is 11.9 Å². The Bertz CT molecular complexity index is 318. The quantitative estimate of drug-likeness (QED) is 0.822. The third-order valence-corrected chi connectivity index (χ3v) is 3.59. The molecule has 0 radical (unpaired) electrons. The summed E-state index contributed by atoms with van der Waals surface area (Å²) >= 11 is 0. The van der Waals surface area contributed by atoms with Gasteiger partial charge in [-0.05, 0) is 43.7 Å². The lowest BCUT2D eigenvalue weighted by molar-refractivity contribution is 0.155. The van der Waals surface area contributed by atoms with Gasteiger partial charge in [-0.3, -0.25) is 0 Å². The summed E-state index contributed by atoms with van der Waals surface area (Å²) in [5.41, 5.74) is -0.152. The van der Waals surface area contributed by atoms with E-state index in [4.69, 9.17) is 0 Å². The number of aliphatic hydroxyl groups excluding tert-OH is 1. The number of aromatic nitrogens is 1. The molecule has 1 aromatic heterocycles. The highest BCUT2D eigenvalue weighted by molar-refractivity contribution is 5.37. The van der Waals surface area contributed by atoms with Crippen LogP contribution in [0.4, 0.5) is 5.82 Å². The van der Waals surface area contributed by atoms with Crippen LogP contribution < -0.4 is 5.32 Å². The van der Waals surface area contributed by atoms with Crippen molar-refractivity contribution in [3.8, 4) is 0 Å².